The molecule has 0 aliphatic rings. The Morgan fingerprint density at radius 2 is 1.77 bits per heavy atom. The van der Waals surface area contributed by atoms with E-state index in [1.165, 1.54) is 0 Å². The molecule has 8 heteroatoms. The molecule has 0 aromatic heterocycles. The average molecular weight is 370 g/mol. The van der Waals surface area contributed by atoms with Gasteiger partial charge in [-0.1, -0.05) is 0 Å². The highest BCUT2D eigenvalue weighted by atomic mass is 16.5. The molecular formula is C18H30N2O6. The monoisotopic (exact) mass is 370 g/mol. The number of carbonyl (C=O) groups is 1. The second kappa shape index (κ2) is 11.1. The smallest absolute Gasteiger partial charge is 0.338 e. The topological polar surface area (TPSA) is 145 Å². The van der Waals surface area contributed by atoms with Gasteiger partial charge in [0.2, 0.25) is 0 Å². The molecule has 0 saturated heterocycles. The van der Waals surface area contributed by atoms with Crippen molar-refractivity contribution < 1.29 is 30.0 Å². The summed E-state index contributed by atoms with van der Waals surface area (Å²) in [5.74, 6) is -1.69. The molecular weight excluding hydrogens is 340 g/mol. The van der Waals surface area contributed by atoms with Gasteiger partial charge in [0.25, 0.3) is 0 Å². The van der Waals surface area contributed by atoms with Crippen LogP contribution in [-0.4, -0.2) is 71.0 Å². The first-order valence-electron chi connectivity index (χ1n) is 8.70. The average Bonchev–Trinajstić information content (AvgIpc) is 2.63. The Kier molecular flexibility index (Phi) is 9.53. The Morgan fingerprint density at radius 3 is 2.23 bits per heavy atom. The van der Waals surface area contributed by atoms with Crippen LogP contribution in [0.1, 0.15) is 24.2 Å². The molecule has 4 atom stereocenters. The molecule has 0 aliphatic carbocycles. The lowest BCUT2D eigenvalue weighted by Gasteiger charge is -2.34. The number of hydrogen-bond acceptors (Lipinski definition) is 8. The van der Waals surface area contributed by atoms with Gasteiger partial charge in [0.05, 0.1) is 24.4 Å². The van der Waals surface area contributed by atoms with E-state index in [-0.39, 0.29) is 19.8 Å². The van der Waals surface area contributed by atoms with Crippen LogP contribution >= 0.6 is 0 Å². The summed E-state index contributed by atoms with van der Waals surface area (Å²) in [6.45, 7) is 3.04. The molecule has 1 aromatic carbocycles. The highest BCUT2D eigenvalue weighted by molar-refractivity contribution is 5.89. The molecule has 4 unspecified atom stereocenters. The van der Waals surface area contributed by atoms with E-state index in [1.54, 1.807) is 38.1 Å². The Bertz CT molecular complexity index is 533. The van der Waals surface area contributed by atoms with Gasteiger partial charge in [-0.25, -0.2) is 4.79 Å². The van der Waals surface area contributed by atoms with Gasteiger partial charge >= 0.3 is 5.97 Å². The van der Waals surface area contributed by atoms with Crippen molar-refractivity contribution in [3.8, 4) is 0 Å². The zero-order valence-corrected chi connectivity index (χ0v) is 15.2. The lowest BCUT2D eigenvalue weighted by atomic mass is 9.81. The van der Waals surface area contributed by atoms with Crippen LogP contribution in [0.3, 0.4) is 0 Å². The fourth-order valence-electron chi connectivity index (χ4n) is 2.86. The fourth-order valence-corrected chi connectivity index (χ4v) is 2.86. The van der Waals surface area contributed by atoms with Crippen LogP contribution in [0, 0.1) is 11.8 Å². The van der Waals surface area contributed by atoms with Gasteiger partial charge in [-0.3, -0.25) is 0 Å². The summed E-state index contributed by atoms with van der Waals surface area (Å²) >= 11 is 0. The molecule has 7 N–H and O–H groups in total. The summed E-state index contributed by atoms with van der Waals surface area (Å²) in [5, 5.41) is 42.3. The van der Waals surface area contributed by atoms with Crippen LogP contribution in [0.15, 0.2) is 24.3 Å². The lowest BCUT2D eigenvalue weighted by Crippen LogP contribution is -2.49. The van der Waals surface area contributed by atoms with Crippen molar-refractivity contribution >= 4 is 11.7 Å². The molecule has 0 saturated carbocycles. The van der Waals surface area contributed by atoms with Crippen molar-refractivity contribution in [2.75, 3.05) is 31.7 Å². The molecule has 1 rings (SSSR count). The van der Waals surface area contributed by atoms with Crippen LogP contribution in [0.2, 0.25) is 0 Å². The van der Waals surface area contributed by atoms with E-state index < -0.39 is 36.1 Å². The minimum Gasteiger partial charge on any atom is -0.462 e. The van der Waals surface area contributed by atoms with E-state index in [4.69, 9.17) is 10.5 Å². The highest BCUT2D eigenvalue weighted by Gasteiger charge is 2.34. The van der Waals surface area contributed by atoms with Gasteiger partial charge in [0, 0.05) is 43.3 Å². The van der Waals surface area contributed by atoms with Crippen molar-refractivity contribution in [3.05, 3.63) is 29.8 Å². The molecule has 0 heterocycles. The summed E-state index contributed by atoms with van der Waals surface area (Å²) in [4.78, 5) is 11.6. The zero-order valence-electron chi connectivity index (χ0n) is 15.2. The standard InChI is InChI=1S/C18H30N2O6/c1-3-26-18(25)12-4-6-14(7-5-12)20-8-15(23)17(24)16(11(2)19)13(9-21)10-22/h4-7,11,13,15-17,20-24H,3,8-10,19H2,1-2H3. The number of anilines is 1. The molecule has 0 radical (unpaired) electrons. The molecule has 148 valence electrons. The third-order valence-corrected chi connectivity index (χ3v) is 4.32. The maximum Gasteiger partial charge on any atom is 0.338 e. The fraction of sp³-hybridized carbons (Fsp3) is 0.611. The summed E-state index contributed by atoms with van der Waals surface area (Å²) in [7, 11) is 0. The first-order chi connectivity index (χ1) is 12.3. The van der Waals surface area contributed by atoms with Crippen molar-refractivity contribution in [2.24, 2.45) is 17.6 Å². The third kappa shape index (κ3) is 6.22. The second-order valence-corrected chi connectivity index (χ2v) is 6.30. The number of carbonyl (C=O) groups excluding carboxylic acids is 1. The first-order valence-corrected chi connectivity index (χ1v) is 8.70. The highest BCUT2D eigenvalue weighted by Crippen LogP contribution is 2.22. The normalized spacial score (nSPS) is 16.0. The van der Waals surface area contributed by atoms with Crippen LogP contribution < -0.4 is 11.1 Å². The molecule has 0 amide bonds. The van der Waals surface area contributed by atoms with Crippen molar-refractivity contribution in [3.63, 3.8) is 0 Å². The quantitative estimate of drug-likeness (QED) is 0.288. The van der Waals surface area contributed by atoms with E-state index in [0.29, 0.717) is 17.9 Å². The first kappa shape index (κ1) is 22.3. The maximum absolute atomic E-state index is 11.6. The number of benzene rings is 1. The molecule has 8 nitrogen and oxygen atoms in total. The maximum atomic E-state index is 11.6. The molecule has 26 heavy (non-hydrogen) atoms. The Labute approximate surface area is 153 Å². The van der Waals surface area contributed by atoms with Crippen LogP contribution in [0.4, 0.5) is 5.69 Å². The Balaban J connectivity index is 2.66. The van der Waals surface area contributed by atoms with E-state index in [9.17, 15) is 25.2 Å². The molecule has 0 spiro atoms. The van der Waals surface area contributed by atoms with Gasteiger partial charge in [0.1, 0.15) is 0 Å². The SMILES string of the molecule is CCOC(=O)c1ccc(NCC(O)C(O)C(C(C)N)C(CO)CO)cc1. The number of nitrogens with two attached hydrogens (primary N) is 1. The van der Waals surface area contributed by atoms with Gasteiger partial charge in [0.15, 0.2) is 0 Å². The number of ether oxygens (including phenoxy) is 1. The Morgan fingerprint density at radius 1 is 1.19 bits per heavy atom. The number of esters is 1. The van der Waals surface area contributed by atoms with E-state index >= 15 is 0 Å². The molecule has 1 aromatic rings. The number of nitrogens with one attached hydrogen (secondary N) is 1. The van der Waals surface area contributed by atoms with Crippen molar-refractivity contribution in [1.82, 2.24) is 0 Å². The lowest BCUT2D eigenvalue weighted by molar-refractivity contribution is -0.0523. The van der Waals surface area contributed by atoms with Crippen molar-refractivity contribution in [2.45, 2.75) is 32.1 Å². The van der Waals surface area contributed by atoms with Crippen LogP contribution in [0.5, 0.6) is 0 Å². The van der Waals surface area contributed by atoms with Crippen LogP contribution in [-0.2, 0) is 4.74 Å². The van der Waals surface area contributed by atoms with Gasteiger partial charge < -0.3 is 36.2 Å². The molecule has 0 fully saturated rings. The number of aliphatic hydroxyl groups excluding tert-OH is 4. The van der Waals surface area contributed by atoms with Gasteiger partial charge in [-0.05, 0) is 38.1 Å². The number of aliphatic hydroxyl groups is 4. The molecule has 0 aliphatic heterocycles. The predicted octanol–water partition coefficient (Wildman–Crippen LogP) is -0.439. The predicted molar refractivity (Wildman–Crippen MR) is 97.7 cm³/mol. The summed E-state index contributed by atoms with van der Waals surface area (Å²) < 4.78 is 4.90. The zero-order chi connectivity index (χ0) is 19.7. The minimum absolute atomic E-state index is 0.0344. The van der Waals surface area contributed by atoms with E-state index in [0.717, 1.165) is 0 Å². The third-order valence-electron chi connectivity index (χ3n) is 4.32. The van der Waals surface area contributed by atoms with E-state index in [1.807, 2.05) is 0 Å². The number of rotatable bonds is 11. The number of hydrogen-bond donors (Lipinski definition) is 6. The summed E-state index contributed by atoms with van der Waals surface area (Å²) in [5.41, 5.74) is 6.92. The minimum atomic E-state index is -1.22. The van der Waals surface area contributed by atoms with Gasteiger partial charge in [-0.15, -0.1) is 0 Å². The largest absolute Gasteiger partial charge is 0.462 e. The second-order valence-electron chi connectivity index (χ2n) is 6.30. The Hall–Kier alpha value is -1.71. The van der Waals surface area contributed by atoms with Gasteiger partial charge in [-0.2, -0.15) is 0 Å². The summed E-state index contributed by atoms with van der Waals surface area (Å²) in [6, 6.07) is 6.01. The molecule has 0 bridgehead atoms. The van der Waals surface area contributed by atoms with E-state index in [2.05, 4.69) is 5.32 Å². The van der Waals surface area contributed by atoms with Crippen LogP contribution in [0.25, 0.3) is 0 Å². The summed E-state index contributed by atoms with van der Waals surface area (Å²) in [6.07, 6.45) is -2.37. The van der Waals surface area contributed by atoms with Crippen molar-refractivity contribution in [1.29, 1.82) is 0 Å².